The van der Waals surface area contributed by atoms with Gasteiger partial charge in [-0.15, -0.1) is 11.3 Å². The second-order valence-electron chi connectivity index (χ2n) is 7.65. The monoisotopic (exact) mass is 481 g/mol. The number of carbonyl (C=O) groups is 1. The lowest BCUT2D eigenvalue weighted by atomic mass is 10.1. The number of hydrogen-bond donors (Lipinski definition) is 1. The average Bonchev–Trinajstić information content (AvgIpc) is 3.21. The summed E-state index contributed by atoms with van der Waals surface area (Å²) in [7, 11) is 1.58. The lowest BCUT2D eigenvalue weighted by molar-refractivity contribution is -0.115. The van der Waals surface area contributed by atoms with Crippen LogP contribution in [0.25, 0.3) is 17.3 Å². The van der Waals surface area contributed by atoms with Gasteiger partial charge in [-0.2, -0.15) is 5.26 Å². The number of methoxy groups -OCH3 is 1. The molecule has 35 heavy (non-hydrogen) atoms. The molecule has 1 amide bonds. The molecule has 0 unspecified atom stereocenters. The Hall–Kier alpha value is -4.41. The number of nitriles is 1. The SMILES string of the molecule is COc1cccc(/C=c2/s/c(=C(/C#N)C(=O)NCCc3ccccc3)n(-c3ccccc3)c2=O)c1. The molecular weight excluding hydrogens is 458 g/mol. The second-order valence-corrected chi connectivity index (χ2v) is 8.68. The van der Waals surface area contributed by atoms with Crippen LogP contribution in [-0.4, -0.2) is 24.1 Å². The summed E-state index contributed by atoms with van der Waals surface area (Å²) in [4.78, 5) is 26.5. The Morgan fingerprint density at radius 3 is 2.46 bits per heavy atom. The molecule has 1 N–H and O–H groups in total. The summed E-state index contributed by atoms with van der Waals surface area (Å²) in [5.74, 6) is 0.156. The van der Waals surface area contributed by atoms with Crippen molar-refractivity contribution >= 4 is 28.9 Å². The van der Waals surface area contributed by atoms with Crippen LogP contribution in [0.3, 0.4) is 0 Å². The molecule has 0 saturated heterocycles. The van der Waals surface area contributed by atoms with Gasteiger partial charge in [0, 0.05) is 6.54 Å². The second kappa shape index (κ2) is 11.1. The van der Waals surface area contributed by atoms with Gasteiger partial charge in [0.25, 0.3) is 11.5 Å². The summed E-state index contributed by atoms with van der Waals surface area (Å²) < 4.78 is 7.39. The zero-order valence-corrected chi connectivity index (χ0v) is 19.9. The summed E-state index contributed by atoms with van der Waals surface area (Å²) in [5, 5.41) is 12.7. The maximum Gasteiger partial charge on any atom is 0.273 e. The van der Waals surface area contributed by atoms with E-state index >= 15 is 0 Å². The molecule has 1 aromatic heterocycles. The van der Waals surface area contributed by atoms with Crippen LogP contribution in [0.15, 0.2) is 89.7 Å². The summed E-state index contributed by atoms with van der Waals surface area (Å²) in [6.07, 6.45) is 2.37. The predicted octanol–water partition coefficient (Wildman–Crippen LogP) is 2.77. The zero-order chi connectivity index (χ0) is 24.6. The fourth-order valence-electron chi connectivity index (χ4n) is 3.59. The highest BCUT2D eigenvalue weighted by atomic mass is 32.1. The van der Waals surface area contributed by atoms with Gasteiger partial charge in [-0.25, -0.2) is 0 Å². The highest BCUT2D eigenvalue weighted by molar-refractivity contribution is 7.07. The van der Waals surface area contributed by atoms with Gasteiger partial charge in [-0.05, 0) is 47.9 Å². The third-order valence-corrected chi connectivity index (χ3v) is 6.42. The molecule has 6 nitrogen and oxygen atoms in total. The Balaban J connectivity index is 1.80. The van der Waals surface area contributed by atoms with Gasteiger partial charge in [0.1, 0.15) is 16.5 Å². The topological polar surface area (TPSA) is 84.1 Å². The highest BCUT2D eigenvalue weighted by Crippen LogP contribution is 2.13. The molecule has 0 bridgehead atoms. The van der Waals surface area contributed by atoms with Crippen LogP contribution in [0.4, 0.5) is 0 Å². The van der Waals surface area contributed by atoms with E-state index in [2.05, 4.69) is 5.32 Å². The van der Waals surface area contributed by atoms with Crippen molar-refractivity contribution in [2.24, 2.45) is 0 Å². The quantitative estimate of drug-likeness (QED) is 0.440. The van der Waals surface area contributed by atoms with Crippen molar-refractivity contribution < 1.29 is 9.53 Å². The molecule has 3 aromatic carbocycles. The molecule has 0 saturated carbocycles. The third-order valence-electron chi connectivity index (χ3n) is 5.32. The number of nitrogens with one attached hydrogen (secondary N) is 1. The van der Waals surface area contributed by atoms with E-state index in [9.17, 15) is 14.9 Å². The molecule has 0 aliphatic carbocycles. The van der Waals surface area contributed by atoms with Gasteiger partial charge in [0.2, 0.25) is 0 Å². The minimum Gasteiger partial charge on any atom is -0.497 e. The first-order valence-electron chi connectivity index (χ1n) is 11.0. The van der Waals surface area contributed by atoms with Gasteiger partial charge >= 0.3 is 0 Å². The first-order valence-corrected chi connectivity index (χ1v) is 11.8. The molecule has 0 aliphatic rings. The Kier molecular flexibility index (Phi) is 7.56. The van der Waals surface area contributed by atoms with Gasteiger partial charge in [0.15, 0.2) is 5.57 Å². The number of nitrogens with zero attached hydrogens (tertiary/aromatic N) is 2. The minimum atomic E-state index is -0.512. The third kappa shape index (κ3) is 5.57. The van der Waals surface area contributed by atoms with Crippen molar-refractivity contribution in [2.45, 2.75) is 6.42 Å². The van der Waals surface area contributed by atoms with E-state index in [1.807, 2.05) is 66.7 Å². The Morgan fingerprint density at radius 1 is 1.06 bits per heavy atom. The maximum absolute atomic E-state index is 13.4. The number of amides is 1. The normalized spacial score (nSPS) is 12.1. The maximum atomic E-state index is 13.4. The number of para-hydroxylation sites is 1. The van der Waals surface area contributed by atoms with E-state index in [1.54, 1.807) is 37.5 Å². The number of carbonyl (C=O) groups excluding carboxylic acids is 1. The molecule has 0 aliphatic heterocycles. The zero-order valence-electron chi connectivity index (χ0n) is 19.1. The molecule has 0 spiro atoms. The molecule has 174 valence electrons. The lowest BCUT2D eigenvalue weighted by Gasteiger charge is -2.06. The van der Waals surface area contributed by atoms with Gasteiger partial charge in [0.05, 0.1) is 17.3 Å². The molecule has 0 fully saturated rings. The molecule has 7 heteroatoms. The smallest absolute Gasteiger partial charge is 0.273 e. The number of ether oxygens (including phenoxy) is 1. The summed E-state index contributed by atoms with van der Waals surface area (Å²) in [5.41, 5.74) is 2.04. The fourth-order valence-corrected chi connectivity index (χ4v) is 4.70. The summed E-state index contributed by atoms with van der Waals surface area (Å²) >= 11 is 1.11. The molecule has 0 atom stereocenters. The van der Waals surface area contributed by atoms with Crippen LogP contribution in [0.2, 0.25) is 0 Å². The predicted molar refractivity (Wildman–Crippen MR) is 138 cm³/mol. The van der Waals surface area contributed by atoms with Crippen LogP contribution in [0, 0.1) is 11.3 Å². The molecule has 0 radical (unpaired) electrons. The van der Waals surface area contributed by atoms with Gasteiger partial charge in [-0.1, -0.05) is 60.7 Å². The van der Waals surface area contributed by atoms with Crippen LogP contribution < -0.4 is 24.8 Å². The first-order chi connectivity index (χ1) is 17.1. The van der Waals surface area contributed by atoms with Crippen molar-refractivity contribution in [3.8, 4) is 17.5 Å². The lowest BCUT2D eigenvalue weighted by Crippen LogP contribution is -2.34. The Labute approximate surface area is 206 Å². The van der Waals surface area contributed by atoms with E-state index in [0.29, 0.717) is 28.9 Å². The molecule has 1 heterocycles. The van der Waals surface area contributed by atoms with Crippen molar-refractivity contribution in [1.29, 1.82) is 5.26 Å². The summed E-state index contributed by atoms with van der Waals surface area (Å²) in [6, 6.07) is 28.1. The van der Waals surface area contributed by atoms with Crippen LogP contribution >= 0.6 is 11.3 Å². The van der Waals surface area contributed by atoms with Crippen LogP contribution in [0.1, 0.15) is 11.1 Å². The van der Waals surface area contributed by atoms with Crippen molar-refractivity contribution in [2.75, 3.05) is 13.7 Å². The molecule has 4 rings (SSSR count). The number of rotatable bonds is 7. The summed E-state index contributed by atoms with van der Waals surface area (Å²) in [6.45, 7) is 0.373. The van der Waals surface area contributed by atoms with Crippen LogP contribution in [0.5, 0.6) is 5.75 Å². The molecule has 4 aromatic rings. The van der Waals surface area contributed by atoms with Crippen molar-refractivity contribution in [3.63, 3.8) is 0 Å². The largest absolute Gasteiger partial charge is 0.497 e. The van der Waals surface area contributed by atoms with E-state index in [-0.39, 0.29) is 15.8 Å². The number of aromatic nitrogens is 1. The molecular formula is C28H23N3O3S. The van der Waals surface area contributed by atoms with Crippen molar-refractivity contribution in [1.82, 2.24) is 9.88 Å². The van der Waals surface area contributed by atoms with Gasteiger partial charge in [-0.3, -0.25) is 14.2 Å². The van der Waals surface area contributed by atoms with E-state index < -0.39 is 5.91 Å². The van der Waals surface area contributed by atoms with Crippen LogP contribution in [-0.2, 0) is 11.2 Å². The fraction of sp³-hybridized carbons (Fsp3) is 0.107. The first kappa shape index (κ1) is 23.7. The highest BCUT2D eigenvalue weighted by Gasteiger charge is 2.16. The number of hydrogen-bond acceptors (Lipinski definition) is 5. The van der Waals surface area contributed by atoms with E-state index in [4.69, 9.17) is 4.74 Å². The Bertz CT molecular complexity index is 1550. The van der Waals surface area contributed by atoms with Crippen molar-refractivity contribution in [3.05, 3.63) is 116 Å². The Morgan fingerprint density at radius 2 is 1.77 bits per heavy atom. The van der Waals surface area contributed by atoms with E-state index in [1.165, 1.54) is 4.57 Å². The average molecular weight is 482 g/mol. The standard InChI is InChI=1S/C28H23N3O3S/c1-34-23-14-8-11-21(17-23)18-25-27(33)31(22-12-6-3-7-13-22)28(35-25)24(19-29)26(32)30-16-15-20-9-4-2-5-10-20/h2-14,17-18H,15-16H2,1H3,(H,30,32)/b25-18+,28-24-. The van der Waals surface area contributed by atoms with Gasteiger partial charge < -0.3 is 10.1 Å². The number of benzene rings is 3. The minimum absolute atomic E-state index is 0.102. The van der Waals surface area contributed by atoms with E-state index in [0.717, 1.165) is 22.5 Å². The number of thiazole rings is 1.